The topological polar surface area (TPSA) is 294 Å². The Morgan fingerprint density at radius 3 is 1.32 bits per heavy atom. The van der Waals surface area contributed by atoms with Crippen molar-refractivity contribution >= 4 is 190 Å². The van der Waals surface area contributed by atoms with Gasteiger partial charge in [-0.2, -0.15) is 6.42 Å². The Bertz CT molecular complexity index is 1820. The molecule has 4 amide bonds. The van der Waals surface area contributed by atoms with Gasteiger partial charge in [-0.3, -0.25) is 38.4 Å². The molecule has 0 radical (unpaired) electrons. The SMILES string of the molecule is C.C.CCCC(CI)CC(=O)Cl.CCCC(CI)CC(=O)O.CCCC1CC(=O)N([C@@H](CC)C(N)=O)C1.CCCC1COC(=O)C1.CCC[C@@H]1CC(=O)N([C@@H](CC)C(C)=O)C1.CC[C@@H](N)C(N)=O.C[Si](C)(C)I.O=C1C=CCO1.O=S(Cl)Cl.[2H]CC.[Br-].[CH2-]CC.[Mg+2]. The van der Waals surface area contributed by atoms with Crippen molar-refractivity contribution in [1.82, 2.24) is 9.80 Å². The van der Waals surface area contributed by atoms with Crippen LogP contribution in [0.5, 0.6) is 0 Å². The fourth-order valence-electron chi connectivity index (χ4n) is 8.17. The van der Waals surface area contributed by atoms with E-state index in [1.807, 2.05) is 27.7 Å². The molecule has 4 unspecified atom stereocenters. The number of hydrogen-bond acceptors (Lipinski definition) is 13. The number of hydrogen-bond donors (Lipinski definition) is 4. The van der Waals surface area contributed by atoms with E-state index < -0.39 is 38.8 Å². The van der Waals surface area contributed by atoms with Crippen molar-refractivity contribution in [2.45, 2.75) is 258 Å². The molecule has 3 fully saturated rings. The summed E-state index contributed by atoms with van der Waals surface area (Å²) in [5, 5.41) is 8.24. The van der Waals surface area contributed by atoms with Crippen molar-refractivity contribution in [3.05, 3.63) is 19.1 Å². The Hall–Kier alpha value is 0.00312. The van der Waals surface area contributed by atoms with Crippen LogP contribution in [0.25, 0.3) is 0 Å². The minimum absolute atomic E-state index is 0. The van der Waals surface area contributed by atoms with Crippen molar-refractivity contribution in [3.63, 3.8) is 0 Å². The molecule has 28 heteroatoms. The number of Topliss-reactive ketones (excluding diaryl/α,β-unsaturated/α-hetero) is 1. The number of nitrogens with zero attached hydrogens (tertiary/aromatic N) is 2. The number of cyclic esters (lactones) is 2. The molecule has 4 rings (SSSR count). The van der Waals surface area contributed by atoms with Crippen molar-refractivity contribution < 1.29 is 80.3 Å². The summed E-state index contributed by atoms with van der Waals surface area (Å²) < 4.78 is 26.5. The van der Waals surface area contributed by atoms with Gasteiger partial charge in [-0.1, -0.05) is 188 Å². The summed E-state index contributed by atoms with van der Waals surface area (Å²) in [5.74, 6) is 0.898. The number of nitrogens with two attached hydrogens (primary N) is 3. The number of esters is 2. The van der Waals surface area contributed by atoms with E-state index in [1.165, 1.54) is 6.08 Å². The minimum Gasteiger partial charge on any atom is -1.00 e. The number of halogens is 7. The average molecular weight is 1800 g/mol. The second-order valence-electron chi connectivity index (χ2n) is 21.2. The average Bonchev–Trinajstić information content (AvgIpc) is 1.82. The Kier molecular flexibility index (Phi) is 94.5. The number of carbonyl (C=O) groups excluding carboxylic acids is 8. The van der Waals surface area contributed by atoms with E-state index in [9.17, 15) is 43.2 Å². The number of ether oxygens (including phenoxy) is 2. The van der Waals surface area contributed by atoms with E-state index in [0.717, 1.165) is 92.4 Å². The molecule has 0 saturated carbocycles. The van der Waals surface area contributed by atoms with Gasteiger partial charge >= 0.3 is 41.0 Å². The molecule has 0 bridgehead atoms. The molecular formula is C62H122BrCl3I3MgN5O13SSi. The summed E-state index contributed by atoms with van der Waals surface area (Å²) in [6, 6.07) is -1.04. The van der Waals surface area contributed by atoms with Crippen molar-refractivity contribution in [1.29, 1.82) is 0 Å². The molecule has 4 aliphatic heterocycles. The first-order chi connectivity index (χ1) is 40.6. The van der Waals surface area contributed by atoms with Crippen LogP contribution in [0.15, 0.2) is 12.2 Å². The number of carboxylic acid groups (broad SMARTS) is 1. The van der Waals surface area contributed by atoms with Crippen LogP contribution in [0.4, 0.5) is 0 Å². The zero-order valence-corrected chi connectivity index (χ0v) is 69.2. The summed E-state index contributed by atoms with van der Waals surface area (Å²) in [7, 11) is 7.36. The normalized spacial score (nSPS) is 17.0. The van der Waals surface area contributed by atoms with E-state index in [4.69, 9.17) is 44.2 Å². The smallest absolute Gasteiger partial charge is 1.00 e. The third-order valence-corrected chi connectivity index (χ3v) is 14.6. The Morgan fingerprint density at radius 1 is 0.744 bits per heavy atom. The molecule has 18 nitrogen and oxygen atoms in total. The van der Waals surface area contributed by atoms with Gasteiger partial charge in [0.15, 0.2) is 5.78 Å². The number of aliphatic carboxylic acids is 1. The van der Waals surface area contributed by atoms with Gasteiger partial charge in [0, 0.05) is 82.4 Å². The molecule has 0 spiro atoms. The van der Waals surface area contributed by atoms with Crippen LogP contribution in [0.1, 0.15) is 221 Å². The predicted molar refractivity (Wildman–Crippen MR) is 405 cm³/mol. The number of rotatable bonds is 24. The first-order valence-corrected chi connectivity index (χ1v) is 42.9. The first kappa shape index (κ1) is 111. The molecule has 90 heavy (non-hydrogen) atoms. The van der Waals surface area contributed by atoms with Crippen LogP contribution in [-0.4, -0.2) is 154 Å². The van der Waals surface area contributed by atoms with Gasteiger partial charge in [0.1, 0.15) is 18.2 Å². The van der Waals surface area contributed by atoms with Gasteiger partial charge in [-0.05, 0) is 99.6 Å². The van der Waals surface area contributed by atoms with Crippen LogP contribution >= 0.6 is 99.9 Å². The fraction of sp³-hybridized carbons (Fsp3) is 0.806. The number of likely N-dealkylation sites (tertiary alicyclic amines) is 2. The third-order valence-electron chi connectivity index (χ3n) is 12.0. The monoisotopic (exact) mass is 1790 g/mol. The maximum absolute atomic E-state index is 11.7. The van der Waals surface area contributed by atoms with Crippen molar-refractivity contribution in [2.24, 2.45) is 46.8 Å². The van der Waals surface area contributed by atoms with Crippen LogP contribution in [0, 0.1) is 36.5 Å². The Balaban J connectivity index is -0.0000000885. The molecule has 4 aliphatic rings. The number of alkyl halides is 2. The molecule has 0 aliphatic carbocycles. The predicted octanol–water partition coefficient (Wildman–Crippen LogP) is 12.3. The van der Waals surface area contributed by atoms with Gasteiger partial charge in [0.2, 0.25) is 38.1 Å². The standard InChI is InChI=1S/C12H21NO2.C11H20N2O2.C7H12ClIO.C7H13IO2.C7H12O2.C4H10N2O.C4H4O2.C3H9ISi.C3H7.C2H6.2CH4.BrH.Cl2OS.Mg/c1-4-6-10-7-12(15)13(8-10)11(5-2)9(3)14;1-3-5-8-6-10(14)13(7-8)9(4-2)11(12)15;1-2-3-6(5-9)4-7(8)10;1-2-3-6(5-8)4-7(9)10;1-2-3-6-4-7(8)9-5-6;1-2-3(5)4(6)7;5-4-2-1-3-6-4;1-5(2,3)4;1-3-2;1-2;;;;1-4(2)3;/h10-11H,4-8H2,1-3H3;8-9H,3-7H2,1-2H3,(H2,12,15);6H,2-5H2,1H3;6H,2-5H2,1H3,(H,9,10);6H,2-5H2,1H3;3H,2,5H2,1H3,(H2,6,7);1-2H,3H2;1-3H3;1,3H2,2H3;1-2H3;2*1H4;1H;;/q;;;;;;;;-1;;;;;;+2/p-1/t10-,11+;8?,9-;;;;3-;;;;;;;;;/m10...1........./s1/i;;;;;;;;;1D;;;;;. The largest absolute Gasteiger partial charge is 2.00 e. The molecule has 4 heterocycles. The number of carboxylic acids is 1. The molecule has 534 valence electrons. The van der Waals surface area contributed by atoms with E-state index in [-0.39, 0.29) is 102 Å². The zero-order valence-electron chi connectivity index (χ0n) is 56.6. The zero-order chi connectivity index (χ0) is 69.3. The van der Waals surface area contributed by atoms with Gasteiger partial charge in [0.25, 0.3) is 0 Å². The number of amides is 4. The van der Waals surface area contributed by atoms with Crippen molar-refractivity contribution in [3.8, 4) is 0 Å². The van der Waals surface area contributed by atoms with Crippen LogP contribution in [0.2, 0.25) is 19.6 Å². The Labute approximate surface area is 632 Å². The molecule has 7 N–H and O–H groups in total. The van der Waals surface area contributed by atoms with Gasteiger partial charge in [0.05, 0.1) is 25.1 Å². The molecular weight excluding hydrogens is 1670 g/mol. The molecule has 0 aromatic carbocycles. The second-order valence-corrected chi connectivity index (χ2v) is 39.7. The summed E-state index contributed by atoms with van der Waals surface area (Å²) in [6.07, 6.45) is 19.8. The van der Waals surface area contributed by atoms with E-state index >= 15 is 0 Å². The summed E-state index contributed by atoms with van der Waals surface area (Å²) in [6.45, 7) is 35.2. The number of carbonyl (C=O) groups is 9. The van der Waals surface area contributed by atoms with Crippen LogP contribution < -0.4 is 34.2 Å². The van der Waals surface area contributed by atoms with Gasteiger partial charge < -0.3 is 65.5 Å². The number of primary amides is 2. The number of ketones is 1. The summed E-state index contributed by atoms with van der Waals surface area (Å²) in [4.78, 5) is 101. The molecule has 3 saturated heterocycles. The maximum Gasteiger partial charge on any atom is 2.00 e. The maximum atomic E-state index is 11.7. The molecule has 8 atom stereocenters. The van der Waals surface area contributed by atoms with Crippen molar-refractivity contribution in [2.75, 3.05) is 35.2 Å². The second kappa shape index (κ2) is 76.4. The summed E-state index contributed by atoms with van der Waals surface area (Å²) in [5.41, 5.74) is 14.6. The van der Waals surface area contributed by atoms with Gasteiger partial charge in [-0.25, -0.2) is 9.00 Å². The van der Waals surface area contributed by atoms with Crippen LogP contribution in [0.3, 0.4) is 0 Å². The fourth-order valence-corrected chi connectivity index (χ4v) is 9.89. The van der Waals surface area contributed by atoms with Crippen LogP contribution in [-0.2, 0) is 61.9 Å². The van der Waals surface area contributed by atoms with E-state index in [2.05, 4.69) is 154 Å². The van der Waals surface area contributed by atoms with E-state index in [1.54, 1.807) is 29.7 Å². The summed E-state index contributed by atoms with van der Waals surface area (Å²) >= 11 is 12.3. The van der Waals surface area contributed by atoms with Gasteiger partial charge in [-0.15, -0.1) is 21.8 Å². The minimum atomic E-state index is -1.67. The quantitative estimate of drug-likeness (QED) is 0.0133. The first-order valence-electron chi connectivity index (χ1n) is 30.7. The Morgan fingerprint density at radius 2 is 1.11 bits per heavy atom. The molecule has 0 aromatic rings. The molecule has 0 aromatic heterocycles. The third kappa shape index (κ3) is 77.0. The van der Waals surface area contributed by atoms with E-state index in [0.29, 0.717) is 101 Å².